The minimum Gasteiger partial charge on any atom is -0.464 e. The summed E-state index contributed by atoms with van der Waals surface area (Å²) in [6.07, 6.45) is 0.895. The van der Waals surface area contributed by atoms with E-state index in [2.05, 4.69) is 15.0 Å². The molecule has 0 aromatic carbocycles. The highest BCUT2D eigenvalue weighted by Crippen LogP contribution is 2.08. The number of hydrogen-bond donors (Lipinski definition) is 2. The van der Waals surface area contributed by atoms with Crippen LogP contribution in [-0.2, 0) is 9.47 Å². The van der Waals surface area contributed by atoms with E-state index in [9.17, 15) is 9.90 Å². The van der Waals surface area contributed by atoms with Gasteiger partial charge in [0.1, 0.15) is 5.69 Å². The molecule has 1 aromatic rings. The molecule has 0 spiro atoms. The molecule has 0 aliphatic heterocycles. The molecular weight excluding hydrogens is 224 g/mol. The van der Waals surface area contributed by atoms with E-state index in [1.54, 1.807) is 12.1 Å². The quantitative estimate of drug-likeness (QED) is 0.695. The van der Waals surface area contributed by atoms with Gasteiger partial charge in [0.05, 0.1) is 19.8 Å². The number of aliphatic hydroxyl groups is 1. The van der Waals surface area contributed by atoms with Crippen LogP contribution >= 0.6 is 0 Å². The molecule has 94 valence electrons. The number of rotatable bonds is 6. The van der Waals surface area contributed by atoms with Crippen LogP contribution in [0.5, 0.6) is 0 Å². The van der Waals surface area contributed by atoms with Crippen molar-refractivity contribution >= 4 is 11.7 Å². The first-order chi connectivity index (χ1) is 8.17. The molecule has 0 aliphatic rings. The monoisotopic (exact) mass is 240 g/mol. The number of ether oxygens (including phenoxy) is 2. The number of pyridine rings is 1. The molecule has 1 aromatic heterocycles. The van der Waals surface area contributed by atoms with Crippen molar-refractivity contribution in [2.45, 2.75) is 6.10 Å². The fourth-order valence-corrected chi connectivity index (χ4v) is 1.24. The lowest BCUT2D eigenvalue weighted by atomic mass is 10.3. The molecular formula is C11H16N2O4. The van der Waals surface area contributed by atoms with Crippen molar-refractivity contribution in [1.82, 2.24) is 4.98 Å². The van der Waals surface area contributed by atoms with Gasteiger partial charge >= 0.3 is 5.97 Å². The molecule has 0 amide bonds. The van der Waals surface area contributed by atoms with E-state index in [-0.39, 0.29) is 12.3 Å². The summed E-state index contributed by atoms with van der Waals surface area (Å²) >= 11 is 0. The van der Waals surface area contributed by atoms with Gasteiger partial charge in [-0.15, -0.1) is 0 Å². The van der Waals surface area contributed by atoms with E-state index in [0.29, 0.717) is 12.2 Å². The lowest BCUT2D eigenvalue weighted by Crippen LogP contribution is -2.24. The van der Waals surface area contributed by atoms with Crippen LogP contribution in [0.25, 0.3) is 0 Å². The second kappa shape index (κ2) is 6.82. The predicted molar refractivity (Wildman–Crippen MR) is 61.9 cm³/mol. The van der Waals surface area contributed by atoms with Crippen molar-refractivity contribution in [3.05, 3.63) is 24.0 Å². The Kier molecular flexibility index (Phi) is 5.38. The van der Waals surface area contributed by atoms with Gasteiger partial charge in [-0.05, 0) is 12.1 Å². The van der Waals surface area contributed by atoms with Crippen LogP contribution in [0.1, 0.15) is 10.5 Å². The Balaban J connectivity index is 2.57. The number of hydrogen-bond acceptors (Lipinski definition) is 6. The van der Waals surface area contributed by atoms with Crippen LogP contribution in [0, 0.1) is 0 Å². The zero-order valence-corrected chi connectivity index (χ0v) is 9.84. The Hall–Kier alpha value is -1.66. The number of methoxy groups -OCH3 is 2. The lowest BCUT2D eigenvalue weighted by molar-refractivity contribution is 0.0594. The first-order valence-corrected chi connectivity index (χ1v) is 5.12. The summed E-state index contributed by atoms with van der Waals surface area (Å²) in [5.74, 6) is -0.494. The van der Waals surface area contributed by atoms with Gasteiger partial charge in [-0.2, -0.15) is 0 Å². The average Bonchev–Trinajstić information content (AvgIpc) is 2.36. The molecule has 6 nitrogen and oxygen atoms in total. The molecule has 2 N–H and O–H groups in total. The first kappa shape index (κ1) is 13.4. The van der Waals surface area contributed by atoms with Crippen molar-refractivity contribution in [1.29, 1.82) is 0 Å². The highest BCUT2D eigenvalue weighted by molar-refractivity contribution is 5.88. The minimum absolute atomic E-state index is 0.221. The smallest absolute Gasteiger partial charge is 0.356 e. The molecule has 1 unspecified atom stereocenters. The SMILES string of the molecule is COCC(O)CNc1ccnc(C(=O)OC)c1. The first-order valence-electron chi connectivity index (χ1n) is 5.12. The van der Waals surface area contributed by atoms with Gasteiger partial charge in [-0.3, -0.25) is 0 Å². The number of nitrogens with zero attached hydrogens (tertiary/aromatic N) is 1. The van der Waals surface area contributed by atoms with Gasteiger partial charge in [-0.25, -0.2) is 9.78 Å². The van der Waals surface area contributed by atoms with Gasteiger partial charge in [0.15, 0.2) is 0 Å². The second-order valence-electron chi connectivity index (χ2n) is 3.41. The minimum atomic E-state index is -0.602. The van der Waals surface area contributed by atoms with E-state index in [0.717, 1.165) is 0 Å². The summed E-state index contributed by atoms with van der Waals surface area (Å²) in [5.41, 5.74) is 0.911. The topological polar surface area (TPSA) is 80.7 Å². The Labute approximate surface area is 99.6 Å². The maximum Gasteiger partial charge on any atom is 0.356 e. The summed E-state index contributed by atoms with van der Waals surface area (Å²) in [7, 11) is 2.82. The van der Waals surface area contributed by atoms with E-state index in [1.807, 2.05) is 0 Å². The molecule has 0 aliphatic carbocycles. The highest BCUT2D eigenvalue weighted by Gasteiger charge is 2.08. The predicted octanol–water partition coefficient (Wildman–Crippen LogP) is 0.287. The van der Waals surface area contributed by atoms with E-state index in [4.69, 9.17) is 4.74 Å². The summed E-state index contributed by atoms with van der Waals surface area (Å²) in [4.78, 5) is 15.1. The fraction of sp³-hybridized carbons (Fsp3) is 0.455. The molecule has 1 heterocycles. The van der Waals surface area contributed by atoms with E-state index < -0.39 is 12.1 Å². The highest BCUT2D eigenvalue weighted by atomic mass is 16.5. The standard InChI is InChI=1S/C11H16N2O4/c1-16-7-9(14)6-13-8-3-4-12-10(5-8)11(15)17-2/h3-5,9,14H,6-7H2,1-2H3,(H,12,13). The van der Waals surface area contributed by atoms with E-state index >= 15 is 0 Å². The van der Waals surface area contributed by atoms with Gasteiger partial charge in [0, 0.05) is 25.5 Å². The molecule has 0 radical (unpaired) electrons. The molecule has 1 atom stereocenters. The summed E-state index contributed by atoms with van der Waals surface area (Å²) in [6, 6.07) is 3.26. The number of aromatic nitrogens is 1. The zero-order chi connectivity index (χ0) is 12.7. The molecule has 17 heavy (non-hydrogen) atoms. The second-order valence-corrected chi connectivity index (χ2v) is 3.41. The van der Waals surface area contributed by atoms with Crippen molar-refractivity contribution in [2.24, 2.45) is 0 Å². The van der Waals surface area contributed by atoms with Crippen LogP contribution < -0.4 is 5.32 Å². The fourth-order valence-electron chi connectivity index (χ4n) is 1.24. The lowest BCUT2D eigenvalue weighted by Gasteiger charge is -2.11. The third-order valence-electron chi connectivity index (χ3n) is 2.06. The van der Waals surface area contributed by atoms with Gasteiger partial charge in [-0.1, -0.05) is 0 Å². The number of nitrogens with one attached hydrogen (secondary N) is 1. The third-order valence-corrected chi connectivity index (χ3v) is 2.06. The van der Waals surface area contributed by atoms with Crippen LogP contribution in [-0.4, -0.2) is 49.5 Å². The van der Waals surface area contributed by atoms with E-state index in [1.165, 1.54) is 20.4 Å². The Morgan fingerprint density at radius 1 is 1.59 bits per heavy atom. The van der Waals surface area contributed by atoms with Crippen molar-refractivity contribution in [3.63, 3.8) is 0 Å². The molecule has 1 rings (SSSR count). The van der Waals surface area contributed by atoms with Crippen LogP contribution in [0.2, 0.25) is 0 Å². The average molecular weight is 240 g/mol. The van der Waals surface area contributed by atoms with Crippen LogP contribution in [0.3, 0.4) is 0 Å². The number of aliphatic hydroxyl groups excluding tert-OH is 1. The number of carbonyl (C=O) groups excluding carboxylic acids is 1. The van der Waals surface area contributed by atoms with Crippen LogP contribution in [0.4, 0.5) is 5.69 Å². The number of anilines is 1. The largest absolute Gasteiger partial charge is 0.464 e. The maximum absolute atomic E-state index is 11.2. The zero-order valence-electron chi connectivity index (χ0n) is 9.84. The van der Waals surface area contributed by atoms with Crippen molar-refractivity contribution < 1.29 is 19.4 Å². The number of carbonyl (C=O) groups is 1. The van der Waals surface area contributed by atoms with Crippen molar-refractivity contribution in [2.75, 3.05) is 32.7 Å². The Morgan fingerprint density at radius 3 is 3.00 bits per heavy atom. The van der Waals surface area contributed by atoms with Gasteiger partial charge < -0.3 is 19.9 Å². The summed E-state index contributed by atoms with van der Waals surface area (Å²) < 4.78 is 9.35. The Bertz CT molecular complexity index is 370. The van der Waals surface area contributed by atoms with Gasteiger partial charge in [0.25, 0.3) is 0 Å². The normalized spacial score (nSPS) is 11.9. The third kappa shape index (κ3) is 4.38. The Morgan fingerprint density at radius 2 is 2.35 bits per heavy atom. The maximum atomic E-state index is 11.2. The summed E-state index contributed by atoms with van der Waals surface area (Å²) in [5, 5.41) is 12.4. The molecule has 6 heteroatoms. The molecule has 0 fully saturated rings. The molecule has 0 saturated carbocycles. The van der Waals surface area contributed by atoms with Crippen molar-refractivity contribution in [3.8, 4) is 0 Å². The molecule has 0 saturated heterocycles. The van der Waals surface area contributed by atoms with Gasteiger partial charge in [0.2, 0.25) is 0 Å². The number of esters is 1. The van der Waals surface area contributed by atoms with Crippen LogP contribution in [0.15, 0.2) is 18.3 Å². The summed E-state index contributed by atoms with van der Waals surface area (Å²) in [6.45, 7) is 0.584. The molecule has 0 bridgehead atoms.